The Morgan fingerprint density at radius 2 is 2.29 bits per heavy atom. The van der Waals surface area contributed by atoms with Crippen molar-refractivity contribution in [3.05, 3.63) is 33.3 Å². The van der Waals surface area contributed by atoms with Crippen LogP contribution in [-0.2, 0) is 0 Å². The van der Waals surface area contributed by atoms with E-state index in [2.05, 4.69) is 21.2 Å². The molecule has 0 saturated heterocycles. The fraction of sp³-hybridized carbons (Fsp3) is 0.417. The van der Waals surface area contributed by atoms with E-state index < -0.39 is 0 Å². The zero-order chi connectivity index (χ0) is 12.8. The van der Waals surface area contributed by atoms with Crippen LogP contribution in [-0.4, -0.2) is 23.7 Å². The first-order valence-electron chi connectivity index (χ1n) is 5.41. The molecule has 1 rings (SSSR count). The Labute approximate surface area is 114 Å². The van der Waals surface area contributed by atoms with E-state index in [4.69, 9.17) is 16.7 Å². The fourth-order valence-corrected chi connectivity index (χ4v) is 1.84. The highest BCUT2D eigenvalue weighted by atomic mass is 79.9. The summed E-state index contributed by atoms with van der Waals surface area (Å²) in [5, 5.41) is 12.1. The van der Waals surface area contributed by atoms with Crippen molar-refractivity contribution in [2.24, 2.45) is 0 Å². The number of carbonyl (C=O) groups is 1. The second-order valence-corrected chi connectivity index (χ2v) is 5.13. The summed E-state index contributed by atoms with van der Waals surface area (Å²) in [6, 6.07) is 5.12. The third-order valence-corrected chi connectivity index (χ3v) is 3.59. The van der Waals surface area contributed by atoms with Gasteiger partial charge in [-0.05, 0) is 53.9 Å². The second kappa shape index (κ2) is 6.99. The van der Waals surface area contributed by atoms with E-state index in [0.717, 1.165) is 10.9 Å². The zero-order valence-corrected chi connectivity index (χ0v) is 11.9. The Balaban J connectivity index is 2.60. The summed E-state index contributed by atoms with van der Waals surface area (Å²) in [6.45, 7) is 2.05. The third kappa shape index (κ3) is 4.66. The van der Waals surface area contributed by atoms with Gasteiger partial charge in [-0.1, -0.05) is 11.6 Å². The van der Waals surface area contributed by atoms with Gasteiger partial charge >= 0.3 is 0 Å². The van der Waals surface area contributed by atoms with Crippen LogP contribution in [0, 0.1) is 0 Å². The van der Waals surface area contributed by atoms with Crippen molar-refractivity contribution in [3.8, 4) is 0 Å². The normalized spacial score (nSPS) is 12.2. The number of carbonyl (C=O) groups excluding carboxylic acids is 1. The van der Waals surface area contributed by atoms with Gasteiger partial charge in [-0.3, -0.25) is 4.79 Å². The molecule has 0 heterocycles. The molecule has 1 unspecified atom stereocenters. The predicted molar refractivity (Wildman–Crippen MR) is 72.4 cm³/mol. The lowest BCUT2D eigenvalue weighted by atomic mass is 10.1. The van der Waals surface area contributed by atoms with Gasteiger partial charge in [0.25, 0.3) is 5.91 Å². The first kappa shape index (κ1) is 14.5. The van der Waals surface area contributed by atoms with Crippen LogP contribution in [0.2, 0.25) is 5.02 Å². The Bertz CT molecular complexity index is 398. The quantitative estimate of drug-likeness (QED) is 0.876. The van der Waals surface area contributed by atoms with Gasteiger partial charge in [-0.25, -0.2) is 0 Å². The molecule has 94 valence electrons. The molecule has 1 atom stereocenters. The van der Waals surface area contributed by atoms with Crippen molar-refractivity contribution in [2.45, 2.75) is 25.8 Å². The molecule has 0 aliphatic rings. The van der Waals surface area contributed by atoms with E-state index >= 15 is 0 Å². The average Bonchev–Trinajstić information content (AvgIpc) is 2.30. The van der Waals surface area contributed by atoms with Crippen LogP contribution >= 0.6 is 27.5 Å². The molecule has 0 spiro atoms. The van der Waals surface area contributed by atoms with Crippen LogP contribution in [0.5, 0.6) is 0 Å². The lowest BCUT2D eigenvalue weighted by molar-refractivity contribution is 0.0936. The molecule has 3 nitrogen and oxygen atoms in total. The van der Waals surface area contributed by atoms with Crippen molar-refractivity contribution in [1.29, 1.82) is 0 Å². The minimum Gasteiger partial charge on any atom is -0.396 e. The van der Waals surface area contributed by atoms with E-state index in [1.54, 1.807) is 18.2 Å². The van der Waals surface area contributed by atoms with E-state index in [1.165, 1.54) is 0 Å². The zero-order valence-electron chi connectivity index (χ0n) is 9.54. The lowest BCUT2D eigenvalue weighted by Gasteiger charge is -2.13. The highest BCUT2D eigenvalue weighted by molar-refractivity contribution is 9.10. The Morgan fingerprint density at radius 3 is 2.88 bits per heavy atom. The number of benzene rings is 1. The number of hydrogen-bond donors (Lipinski definition) is 2. The lowest BCUT2D eigenvalue weighted by Crippen LogP contribution is -2.32. The standard InChI is InChI=1S/C12H15BrClNO2/c1-8(3-2-6-16)15-12(17)9-4-5-10(13)11(14)7-9/h4-5,7-8,16H,2-3,6H2,1H3,(H,15,17). The summed E-state index contributed by atoms with van der Waals surface area (Å²) in [4.78, 5) is 11.8. The molecule has 0 fully saturated rings. The van der Waals surface area contributed by atoms with Gasteiger partial charge in [0.05, 0.1) is 5.02 Å². The SMILES string of the molecule is CC(CCCO)NC(=O)c1ccc(Br)c(Cl)c1. The molecule has 2 N–H and O–H groups in total. The van der Waals surface area contributed by atoms with E-state index in [1.807, 2.05) is 6.92 Å². The van der Waals surface area contributed by atoms with Gasteiger partial charge in [0, 0.05) is 22.7 Å². The topological polar surface area (TPSA) is 49.3 Å². The molecule has 17 heavy (non-hydrogen) atoms. The summed E-state index contributed by atoms with van der Waals surface area (Å²) < 4.78 is 0.768. The summed E-state index contributed by atoms with van der Waals surface area (Å²) in [6.07, 6.45) is 1.44. The van der Waals surface area contributed by atoms with Crippen LogP contribution in [0.3, 0.4) is 0 Å². The Morgan fingerprint density at radius 1 is 1.59 bits per heavy atom. The Kier molecular flexibility index (Phi) is 5.95. The molecule has 1 amide bonds. The molecule has 1 aromatic carbocycles. The van der Waals surface area contributed by atoms with Gasteiger partial charge in [0.15, 0.2) is 0 Å². The fourth-order valence-electron chi connectivity index (χ4n) is 1.41. The second-order valence-electron chi connectivity index (χ2n) is 3.87. The third-order valence-electron chi connectivity index (χ3n) is 2.35. The molecule has 0 aromatic heterocycles. The van der Waals surface area contributed by atoms with Crippen LogP contribution in [0.15, 0.2) is 22.7 Å². The smallest absolute Gasteiger partial charge is 0.251 e. The monoisotopic (exact) mass is 319 g/mol. The average molecular weight is 321 g/mol. The van der Waals surface area contributed by atoms with Crippen molar-refractivity contribution < 1.29 is 9.90 Å². The van der Waals surface area contributed by atoms with Gasteiger partial charge in [0.1, 0.15) is 0 Å². The number of rotatable bonds is 5. The van der Waals surface area contributed by atoms with Crippen LogP contribution in [0.1, 0.15) is 30.1 Å². The molecular weight excluding hydrogens is 305 g/mol. The van der Waals surface area contributed by atoms with Crippen LogP contribution in [0.25, 0.3) is 0 Å². The number of hydrogen-bond acceptors (Lipinski definition) is 2. The van der Waals surface area contributed by atoms with Gasteiger partial charge in [-0.15, -0.1) is 0 Å². The molecule has 1 aromatic rings. The predicted octanol–water partition coefficient (Wildman–Crippen LogP) is 2.99. The van der Waals surface area contributed by atoms with Crippen molar-refractivity contribution in [2.75, 3.05) is 6.61 Å². The summed E-state index contributed by atoms with van der Waals surface area (Å²) in [5.74, 6) is -0.148. The minimum atomic E-state index is -0.148. The first-order chi connectivity index (χ1) is 8.04. The van der Waals surface area contributed by atoms with E-state index in [9.17, 15) is 4.79 Å². The molecule has 0 bridgehead atoms. The summed E-state index contributed by atoms with van der Waals surface area (Å²) in [7, 11) is 0. The Hall–Kier alpha value is -0.580. The highest BCUT2D eigenvalue weighted by Crippen LogP contribution is 2.23. The van der Waals surface area contributed by atoms with Crippen molar-refractivity contribution >= 4 is 33.4 Å². The number of amides is 1. The van der Waals surface area contributed by atoms with Crippen molar-refractivity contribution in [1.82, 2.24) is 5.32 Å². The number of aliphatic hydroxyl groups excluding tert-OH is 1. The maximum atomic E-state index is 11.8. The van der Waals surface area contributed by atoms with Crippen LogP contribution < -0.4 is 5.32 Å². The van der Waals surface area contributed by atoms with Gasteiger partial charge in [-0.2, -0.15) is 0 Å². The molecule has 0 aliphatic carbocycles. The number of nitrogens with one attached hydrogen (secondary N) is 1. The number of halogens is 2. The molecule has 0 radical (unpaired) electrons. The maximum Gasteiger partial charge on any atom is 0.251 e. The van der Waals surface area contributed by atoms with E-state index in [-0.39, 0.29) is 18.6 Å². The minimum absolute atomic E-state index is 0.0390. The summed E-state index contributed by atoms with van der Waals surface area (Å²) in [5.41, 5.74) is 0.536. The molecule has 0 aliphatic heterocycles. The maximum absolute atomic E-state index is 11.8. The highest BCUT2D eigenvalue weighted by Gasteiger charge is 2.10. The van der Waals surface area contributed by atoms with Crippen molar-refractivity contribution in [3.63, 3.8) is 0 Å². The summed E-state index contributed by atoms with van der Waals surface area (Å²) >= 11 is 9.19. The van der Waals surface area contributed by atoms with E-state index in [0.29, 0.717) is 17.0 Å². The number of aliphatic hydroxyl groups is 1. The van der Waals surface area contributed by atoms with Gasteiger partial charge < -0.3 is 10.4 Å². The van der Waals surface area contributed by atoms with Crippen LogP contribution in [0.4, 0.5) is 0 Å². The largest absolute Gasteiger partial charge is 0.396 e. The first-order valence-corrected chi connectivity index (χ1v) is 6.58. The molecular formula is C12H15BrClNO2. The molecule has 5 heteroatoms. The van der Waals surface area contributed by atoms with Gasteiger partial charge in [0.2, 0.25) is 0 Å². The molecule has 0 saturated carbocycles.